The van der Waals surface area contributed by atoms with Gasteiger partial charge in [0.05, 0.1) is 4.92 Å². The highest BCUT2D eigenvalue weighted by Gasteiger charge is 2.14. The molecule has 1 N–H and O–H groups in total. The number of nitrogens with zero attached hydrogens (tertiary/aromatic N) is 3. The van der Waals surface area contributed by atoms with Gasteiger partial charge in [0.15, 0.2) is 0 Å². The van der Waals surface area contributed by atoms with Crippen LogP contribution in [0.3, 0.4) is 0 Å². The molecule has 0 saturated carbocycles. The largest absolute Gasteiger partial charge is 0.416 e. The average molecular weight is 280 g/mol. The van der Waals surface area contributed by atoms with Crippen molar-refractivity contribution < 1.29 is 9.34 Å². The van der Waals surface area contributed by atoms with Gasteiger partial charge >= 0.3 is 0 Å². The van der Waals surface area contributed by atoms with E-state index in [1.54, 1.807) is 26.1 Å². The molecule has 0 unspecified atom stereocenters. The third-order valence-electron chi connectivity index (χ3n) is 2.40. The number of aryl methyl sites for hydroxylation is 1. The molecule has 0 radical (unpaired) electrons. The fourth-order valence-corrected chi connectivity index (χ4v) is 2.26. The van der Waals surface area contributed by atoms with E-state index in [9.17, 15) is 10.1 Å². The van der Waals surface area contributed by atoms with Crippen LogP contribution in [0.1, 0.15) is 11.5 Å². The molecule has 1 heterocycles. The molecule has 0 saturated heterocycles. The quantitative estimate of drug-likeness (QED) is 0.511. The zero-order valence-corrected chi connectivity index (χ0v) is 11.2. The highest BCUT2D eigenvalue weighted by molar-refractivity contribution is 7.98. The number of nitro groups is 1. The molecule has 7 nitrogen and oxygen atoms in total. The first kappa shape index (κ1) is 13.3. The van der Waals surface area contributed by atoms with Crippen molar-refractivity contribution in [2.45, 2.75) is 17.9 Å². The molecule has 0 aliphatic heterocycles. The minimum absolute atomic E-state index is 0.0577. The van der Waals surface area contributed by atoms with Crippen LogP contribution in [0.15, 0.2) is 27.8 Å². The fraction of sp³-hybridized carbons (Fsp3) is 0.273. The highest BCUT2D eigenvalue weighted by Crippen LogP contribution is 2.28. The Morgan fingerprint density at radius 1 is 1.47 bits per heavy atom. The van der Waals surface area contributed by atoms with Gasteiger partial charge in [-0.05, 0) is 11.6 Å². The molecular weight excluding hydrogens is 268 g/mol. The summed E-state index contributed by atoms with van der Waals surface area (Å²) >= 11 is 1.34. The maximum atomic E-state index is 10.9. The SMILES string of the molecule is CNc1ccc(CSc2nnc(C)o2)cc1[N+](=O)[O-]. The van der Waals surface area contributed by atoms with Gasteiger partial charge in [0.2, 0.25) is 5.89 Å². The van der Waals surface area contributed by atoms with E-state index in [0.29, 0.717) is 22.6 Å². The first-order chi connectivity index (χ1) is 9.10. The summed E-state index contributed by atoms with van der Waals surface area (Å²) in [6.07, 6.45) is 0. The number of nitro benzene ring substituents is 1. The summed E-state index contributed by atoms with van der Waals surface area (Å²) in [5.41, 5.74) is 1.38. The number of hydrogen-bond acceptors (Lipinski definition) is 7. The summed E-state index contributed by atoms with van der Waals surface area (Å²) in [4.78, 5) is 10.5. The summed E-state index contributed by atoms with van der Waals surface area (Å²) in [6, 6.07) is 5.06. The predicted molar refractivity (Wildman–Crippen MR) is 71.2 cm³/mol. The molecule has 0 aliphatic rings. The van der Waals surface area contributed by atoms with Crippen molar-refractivity contribution in [3.8, 4) is 0 Å². The number of benzene rings is 1. The molecule has 8 heteroatoms. The van der Waals surface area contributed by atoms with E-state index < -0.39 is 4.92 Å². The highest BCUT2D eigenvalue weighted by atomic mass is 32.2. The van der Waals surface area contributed by atoms with Gasteiger partial charge in [-0.2, -0.15) is 0 Å². The van der Waals surface area contributed by atoms with Crippen LogP contribution in [0, 0.1) is 17.0 Å². The number of rotatable bonds is 5. The Hall–Kier alpha value is -2.09. The van der Waals surface area contributed by atoms with E-state index >= 15 is 0 Å². The van der Waals surface area contributed by atoms with E-state index in [1.807, 2.05) is 6.07 Å². The zero-order valence-electron chi connectivity index (χ0n) is 10.4. The molecule has 1 aromatic heterocycles. The first-order valence-electron chi connectivity index (χ1n) is 5.48. The topological polar surface area (TPSA) is 94.1 Å². The lowest BCUT2D eigenvalue weighted by Crippen LogP contribution is -1.97. The van der Waals surface area contributed by atoms with Crippen molar-refractivity contribution >= 4 is 23.1 Å². The summed E-state index contributed by atoms with van der Waals surface area (Å²) in [5, 5.41) is 21.7. The molecule has 2 rings (SSSR count). The summed E-state index contributed by atoms with van der Waals surface area (Å²) in [7, 11) is 1.65. The first-order valence-corrected chi connectivity index (χ1v) is 6.46. The van der Waals surface area contributed by atoms with Gasteiger partial charge in [0.1, 0.15) is 5.69 Å². The second kappa shape index (κ2) is 5.70. The standard InChI is InChI=1S/C11H12N4O3S/c1-7-13-14-11(18-7)19-6-8-3-4-9(12-2)10(5-8)15(16)17/h3-5,12H,6H2,1-2H3. The second-order valence-corrected chi connectivity index (χ2v) is 4.66. The van der Waals surface area contributed by atoms with Crippen molar-refractivity contribution in [3.63, 3.8) is 0 Å². The Balaban J connectivity index is 2.12. The number of nitrogens with one attached hydrogen (secondary N) is 1. The van der Waals surface area contributed by atoms with E-state index in [1.165, 1.54) is 11.8 Å². The molecule has 1 aromatic carbocycles. The normalized spacial score (nSPS) is 10.4. The Kier molecular flexibility index (Phi) is 4.00. The predicted octanol–water partition coefficient (Wildman–Crippen LogP) is 2.62. The van der Waals surface area contributed by atoms with Crippen LogP contribution in [0.5, 0.6) is 0 Å². The van der Waals surface area contributed by atoms with Gasteiger partial charge in [0, 0.05) is 25.8 Å². The van der Waals surface area contributed by atoms with Crippen LogP contribution in [0.2, 0.25) is 0 Å². The lowest BCUT2D eigenvalue weighted by Gasteiger charge is -2.04. The number of aromatic nitrogens is 2. The van der Waals surface area contributed by atoms with E-state index in [-0.39, 0.29) is 5.69 Å². The molecule has 100 valence electrons. The fourth-order valence-electron chi connectivity index (χ4n) is 1.51. The van der Waals surface area contributed by atoms with Gasteiger partial charge < -0.3 is 9.73 Å². The lowest BCUT2D eigenvalue weighted by atomic mass is 10.2. The minimum Gasteiger partial charge on any atom is -0.416 e. The number of anilines is 1. The molecule has 19 heavy (non-hydrogen) atoms. The summed E-state index contributed by atoms with van der Waals surface area (Å²) < 4.78 is 5.22. The maximum Gasteiger partial charge on any atom is 0.292 e. The average Bonchev–Trinajstić information content (AvgIpc) is 2.81. The lowest BCUT2D eigenvalue weighted by molar-refractivity contribution is -0.384. The Labute approximate surface area is 113 Å². The van der Waals surface area contributed by atoms with Crippen molar-refractivity contribution in [1.82, 2.24) is 10.2 Å². The molecule has 0 bridgehead atoms. The van der Waals surface area contributed by atoms with Gasteiger partial charge in [0.25, 0.3) is 10.9 Å². The maximum absolute atomic E-state index is 10.9. The second-order valence-electron chi connectivity index (χ2n) is 3.73. The van der Waals surface area contributed by atoms with Crippen molar-refractivity contribution in [3.05, 3.63) is 39.8 Å². The van der Waals surface area contributed by atoms with Gasteiger partial charge in [-0.1, -0.05) is 17.8 Å². The van der Waals surface area contributed by atoms with Crippen LogP contribution < -0.4 is 5.32 Å². The Morgan fingerprint density at radius 3 is 2.84 bits per heavy atom. The van der Waals surface area contributed by atoms with Gasteiger partial charge in [-0.15, -0.1) is 10.2 Å². The monoisotopic (exact) mass is 280 g/mol. The Morgan fingerprint density at radius 2 is 2.26 bits per heavy atom. The van der Waals surface area contributed by atoms with Crippen LogP contribution >= 0.6 is 11.8 Å². The molecule has 2 aromatic rings. The van der Waals surface area contributed by atoms with Crippen LogP contribution in [-0.4, -0.2) is 22.2 Å². The molecule has 0 spiro atoms. The van der Waals surface area contributed by atoms with Gasteiger partial charge in [-0.25, -0.2) is 0 Å². The van der Waals surface area contributed by atoms with Crippen molar-refractivity contribution in [2.75, 3.05) is 12.4 Å². The molecule has 0 atom stereocenters. The Bertz CT molecular complexity index is 599. The third kappa shape index (κ3) is 3.22. The number of thioether (sulfide) groups is 1. The molecule has 0 amide bonds. The summed E-state index contributed by atoms with van der Waals surface area (Å²) in [6.45, 7) is 1.71. The van der Waals surface area contributed by atoms with Gasteiger partial charge in [-0.3, -0.25) is 10.1 Å². The minimum atomic E-state index is -0.406. The van der Waals surface area contributed by atoms with E-state index in [4.69, 9.17) is 4.42 Å². The van der Waals surface area contributed by atoms with Crippen molar-refractivity contribution in [2.24, 2.45) is 0 Å². The summed E-state index contributed by atoms with van der Waals surface area (Å²) in [5.74, 6) is 1.03. The van der Waals surface area contributed by atoms with E-state index in [0.717, 1.165) is 5.56 Å². The smallest absolute Gasteiger partial charge is 0.292 e. The van der Waals surface area contributed by atoms with Crippen LogP contribution in [0.25, 0.3) is 0 Å². The van der Waals surface area contributed by atoms with E-state index in [2.05, 4.69) is 15.5 Å². The third-order valence-corrected chi connectivity index (χ3v) is 3.29. The van der Waals surface area contributed by atoms with Crippen molar-refractivity contribution in [1.29, 1.82) is 0 Å². The molecular formula is C11H12N4O3S. The zero-order chi connectivity index (χ0) is 13.8. The number of hydrogen-bond donors (Lipinski definition) is 1. The van der Waals surface area contributed by atoms with Crippen LogP contribution in [0.4, 0.5) is 11.4 Å². The van der Waals surface area contributed by atoms with Crippen LogP contribution in [-0.2, 0) is 5.75 Å². The molecule has 0 aliphatic carbocycles. The molecule has 0 fully saturated rings.